The summed E-state index contributed by atoms with van der Waals surface area (Å²) in [5.74, 6) is -2.25. The van der Waals surface area contributed by atoms with Gasteiger partial charge in [-0.15, -0.1) is 0 Å². The van der Waals surface area contributed by atoms with Crippen LogP contribution in [0.2, 0.25) is 0 Å². The van der Waals surface area contributed by atoms with Crippen molar-refractivity contribution in [1.29, 1.82) is 0 Å². The number of halogens is 2. The Morgan fingerprint density at radius 1 is 1.00 bits per heavy atom. The minimum Gasteiger partial charge on any atom is -0.366 e. The van der Waals surface area contributed by atoms with E-state index in [1.54, 1.807) is 41.0 Å². The van der Waals surface area contributed by atoms with Crippen molar-refractivity contribution in [2.24, 2.45) is 5.73 Å². The van der Waals surface area contributed by atoms with E-state index in [0.29, 0.717) is 28.9 Å². The molecule has 4 aromatic rings. The molecule has 0 saturated carbocycles. The average Bonchev–Trinajstić information content (AvgIpc) is 3.08. The van der Waals surface area contributed by atoms with Crippen molar-refractivity contribution in [2.75, 3.05) is 0 Å². The van der Waals surface area contributed by atoms with Gasteiger partial charge in [0.1, 0.15) is 0 Å². The Balaban J connectivity index is 1.70. The van der Waals surface area contributed by atoms with Crippen molar-refractivity contribution < 1.29 is 13.6 Å². The lowest BCUT2D eigenvalue weighted by atomic mass is 10.1. The van der Waals surface area contributed by atoms with E-state index >= 15 is 0 Å². The Labute approximate surface area is 153 Å². The lowest BCUT2D eigenvalue weighted by Crippen LogP contribution is -2.10. The highest BCUT2D eigenvalue weighted by Gasteiger charge is 2.10. The molecule has 7 heteroatoms. The van der Waals surface area contributed by atoms with Crippen LogP contribution in [0.3, 0.4) is 0 Å². The monoisotopic (exact) mass is 364 g/mol. The summed E-state index contributed by atoms with van der Waals surface area (Å²) in [6.07, 6.45) is 2.04. The standard InChI is InChI=1S/C20H14F2N4O/c21-16-7-1-12(10-17(16)22)9-15-6-8-19-24-11-18(26(19)25-15)13-2-4-14(5-3-13)20(23)27/h1-8,10-11H,9H2,(H2,23,27). The quantitative estimate of drug-likeness (QED) is 0.603. The van der Waals surface area contributed by atoms with E-state index in [0.717, 1.165) is 17.3 Å². The maximum atomic E-state index is 13.4. The molecule has 2 N–H and O–H groups in total. The zero-order valence-electron chi connectivity index (χ0n) is 14.1. The fourth-order valence-electron chi connectivity index (χ4n) is 2.87. The molecule has 0 unspecified atom stereocenters. The zero-order chi connectivity index (χ0) is 19.0. The summed E-state index contributed by atoms with van der Waals surface area (Å²) >= 11 is 0. The molecule has 2 heterocycles. The minimum atomic E-state index is -0.883. The number of carbonyl (C=O) groups is 1. The van der Waals surface area contributed by atoms with Crippen LogP contribution < -0.4 is 5.73 Å². The first kappa shape index (κ1) is 16.8. The molecule has 0 saturated heterocycles. The SMILES string of the molecule is NC(=O)c1ccc(-c2cnc3ccc(Cc4ccc(F)c(F)c4)nn23)cc1. The normalized spacial score (nSPS) is 11.0. The van der Waals surface area contributed by atoms with Crippen LogP contribution in [0.25, 0.3) is 16.9 Å². The van der Waals surface area contributed by atoms with Crippen LogP contribution in [0.5, 0.6) is 0 Å². The average molecular weight is 364 g/mol. The summed E-state index contributed by atoms with van der Waals surface area (Å²) in [4.78, 5) is 15.5. The number of benzene rings is 2. The van der Waals surface area contributed by atoms with Gasteiger partial charge in [-0.3, -0.25) is 4.79 Å². The molecule has 0 atom stereocenters. The summed E-state index contributed by atoms with van der Waals surface area (Å²) < 4.78 is 28.2. The minimum absolute atomic E-state index is 0.353. The number of hydrogen-bond acceptors (Lipinski definition) is 3. The second kappa shape index (κ2) is 6.60. The molecule has 134 valence electrons. The van der Waals surface area contributed by atoms with Gasteiger partial charge >= 0.3 is 0 Å². The van der Waals surface area contributed by atoms with Gasteiger partial charge in [0.05, 0.1) is 17.6 Å². The number of rotatable bonds is 4. The molecule has 4 rings (SSSR count). The maximum Gasteiger partial charge on any atom is 0.248 e. The zero-order valence-corrected chi connectivity index (χ0v) is 14.1. The van der Waals surface area contributed by atoms with Crippen molar-refractivity contribution in [3.63, 3.8) is 0 Å². The molecule has 0 bridgehead atoms. The van der Waals surface area contributed by atoms with Crippen LogP contribution >= 0.6 is 0 Å². The van der Waals surface area contributed by atoms with Crippen LogP contribution in [-0.4, -0.2) is 20.5 Å². The van der Waals surface area contributed by atoms with Crippen LogP contribution in [-0.2, 0) is 6.42 Å². The fourth-order valence-corrected chi connectivity index (χ4v) is 2.87. The molecule has 0 aliphatic carbocycles. The maximum absolute atomic E-state index is 13.4. The van der Waals surface area contributed by atoms with Crippen LogP contribution in [0.15, 0.2) is 60.8 Å². The molecule has 2 aromatic carbocycles. The molecule has 0 spiro atoms. The number of primary amides is 1. The Morgan fingerprint density at radius 2 is 1.78 bits per heavy atom. The molecule has 0 aliphatic rings. The first-order chi connectivity index (χ1) is 13.0. The molecule has 0 fully saturated rings. The first-order valence-electron chi connectivity index (χ1n) is 8.19. The number of nitrogens with zero attached hydrogens (tertiary/aromatic N) is 3. The second-order valence-corrected chi connectivity index (χ2v) is 6.10. The van der Waals surface area contributed by atoms with Gasteiger partial charge in [-0.05, 0) is 42.0 Å². The van der Waals surface area contributed by atoms with E-state index in [2.05, 4.69) is 10.1 Å². The van der Waals surface area contributed by atoms with E-state index in [-0.39, 0.29) is 0 Å². The van der Waals surface area contributed by atoms with Crippen molar-refractivity contribution in [1.82, 2.24) is 14.6 Å². The summed E-state index contributed by atoms with van der Waals surface area (Å²) in [6, 6.07) is 14.2. The van der Waals surface area contributed by atoms with Gasteiger partial charge in [-0.25, -0.2) is 18.3 Å². The Hall–Kier alpha value is -3.61. The van der Waals surface area contributed by atoms with E-state index in [1.165, 1.54) is 12.1 Å². The Bertz CT molecular complexity index is 1150. The number of aromatic nitrogens is 3. The first-order valence-corrected chi connectivity index (χ1v) is 8.19. The third kappa shape index (κ3) is 3.27. The number of hydrogen-bond donors (Lipinski definition) is 1. The predicted molar refractivity (Wildman–Crippen MR) is 96.1 cm³/mol. The summed E-state index contributed by atoms with van der Waals surface area (Å²) in [5, 5.41) is 4.56. The molecular formula is C20H14F2N4O. The van der Waals surface area contributed by atoms with Crippen molar-refractivity contribution in [3.05, 3.63) is 89.2 Å². The second-order valence-electron chi connectivity index (χ2n) is 6.10. The van der Waals surface area contributed by atoms with Gasteiger partial charge in [-0.1, -0.05) is 18.2 Å². The van der Waals surface area contributed by atoms with Gasteiger partial charge in [-0.2, -0.15) is 5.10 Å². The number of carbonyl (C=O) groups excluding carboxylic acids is 1. The van der Waals surface area contributed by atoms with Crippen LogP contribution in [0, 0.1) is 11.6 Å². The number of imidazole rings is 1. The van der Waals surface area contributed by atoms with Gasteiger partial charge in [0.25, 0.3) is 0 Å². The van der Waals surface area contributed by atoms with Gasteiger partial charge in [0.15, 0.2) is 17.3 Å². The highest BCUT2D eigenvalue weighted by molar-refractivity contribution is 5.93. The molecule has 2 aromatic heterocycles. The highest BCUT2D eigenvalue weighted by atomic mass is 19.2. The van der Waals surface area contributed by atoms with Crippen molar-refractivity contribution >= 4 is 11.6 Å². The lowest BCUT2D eigenvalue weighted by Gasteiger charge is -2.06. The number of fused-ring (bicyclic) bond motifs is 1. The summed E-state index contributed by atoms with van der Waals surface area (Å²) in [7, 11) is 0. The van der Waals surface area contributed by atoms with E-state index in [4.69, 9.17) is 5.73 Å². The van der Waals surface area contributed by atoms with E-state index in [1.807, 2.05) is 6.07 Å². The molecule has 0 aliphatic heterocycles. The third-order valence-corrected chi connectivity index (χ3v) is 4.25. The molecule has 1 amide bonds. The van der Waals surface area contributed by atoms with Gasteiger partial charge in [0, 0.05) is 17.5 Å². The Kier molecular flexibility index (Phi) is 4.12. The van der Waals surface area contributed by atoms with E-state index < -0.39 is 17.5 Å². The Morgan fingerprint density at radius 3 is 2.48 bits per heavy atom. The fraction of sp³-hybridized carbons (Fsp3) is 0.0500. The summed E-state index contributed by atoms with van der Waals surface area (Å²) in [5.41, 5.74) is 9.20. The topological polar surface area (TPSA) is 73.3 Å². The van der Waals surface area contributed by atoms with E-state index in [9.17, 15) is 13.6 Å². The molecule has 5 nitrogen and oxygen atoms in total. The molecule has 0 radical (unpaired) electrons. The predicted octanol–water partition coefficient (Wildman–Crippen LogP) is 3.36. The van der Waals surface area contributed by atoms with Crippen LogP contribution in [0.1, 0.15) is 21.6 Å². The van der Waals surface area contributed by atoms with Crippen molar-refractivity contribution in [2.45, 2.75) is 6.42 Å². The lowest BCUT2D eigenvalue weighted by molar-refractivity contribution is 0.100. The smallest absolute Gasteiger partial charge is 0.248 e. The van der Waals surface area contributed by atoms with Gasteiger partial charge in [0.2, 0.25) is 5.91 Å². The van der Waals surface area contributed by atoms with Gasteiger partial charge < -0.3 is 5.73 Å². The largest absolute Gasteiger partial charge is 0.366 e. The van der Waals surface area contributed by atoms with Crippen LogP contribution in [0.4, 0.5) is 8.78 Å². The third-order valence-electron chi connectivity index (χ3n) is 4.25. The number of nitrogens with two attached hydrogens (primary N) is 1. The summed E-state index contributed by atoms with van der Waals surface area (Å²) in [6.45, 7) is 0. The molecule has 27 heavy (non-hydrogen) atoms. The van der Waals surface area contributed by atoms with Crippen molar-refractivity contribution in [3.8, 4) is 11.3 Å². The number of amides is 1. The molecular weight excluding hydrogens is 350 g/mol. The highest BCUT2D eigenvalue weighted by Crippen LogP contribution is 2.21.